The Morgan fingerprint density at radius 3 is 2.81 bits per heavy atom. The summed E-state index contributed by atoms with van der Waals surface area (Å²) in [4.78, 5) is 4.13. The Balaban J connectivity index is 2.31. The number of aryl methyl sites for hydroxylation is 2. The van der Waals surface area contributed by atoms with E-state index >= 15 is 0 Å². The van der Waals surface area contributed by atoms with Gasteiger partial charge in [0.05, 0.1) is 29.1 Å². The van der Waals surface area contributed by atoms with Gasteiger partial charge in [-0.25, -0.2) is 4.98 Å². The van der Waals surface area contributed by atoms with E-state index in [0.717, 1.165) is 28.8 Å². The molecule has 0 aliphatic rings. The van der Waals surface area contributed by atoms with Crippen molar-refractivity contribution in [2.45, 2.75) is 39.3 Å². The molecule has 114 valence electrons. The Morgan fingerprint density at radius 1 is 1.43 bits per heavy atom. The van der Waals surface area contributed by atoms with E-state index in [0.29, 0.717) is 17.9 Å². The van der Waals surface area contributed by atoms with E-state index in [1.165, 1.54) is 0 Å². The van der Waals surface area contributed by atoms with Crippen LogP contribution < -0.4 is 4.74 Å². The highest BCUT2D eigenvalue weighted by Gasteiger charge is 2.20. The Hall–Kier alpha value is -1.40. The van der Waals surface area contributed by atoms with Gasteiger partial charge in [-0.2, -0.15) is 5.10 Å². The minimum absolute atomic E-state index is 0.458. The number of aliphatic hydroxyl groups is 1. The van der Waals surface area contributed by atoms with Crippen molar-refractivity contribution in [2.24, 2.45) is 0 Å². The van der Waals surface area contributed by atoms with Gasteiger partial charge in [0.25, 0.3) is 0 Å². The minimum atomic E-state index is -0.684. The predicted octanol–water partition coefficient (Wildman–Crippen LogP) is 2.91. The lowest BCUT2D eigenvalue weighted by molar-refractivity contribution is 0.170. The molecule has 0 spiro atoms. The monoisotopic (exact) mass is 353 g/mol. The van der Waals surface area contributed by atoms with Crippen LogP contribution in [0.1, 0.15) is 36.9 Å². The third kappa shape index (κ3) is 3.27. The second kappa shape index (κ2) is 7.04. The van der Waals surface area contributed by atoms with Crippen molar-refractivity contribution in [3.8, 4) is 5.88 Å². The number of halogens is 1. The number of methoxy groups -OCH3 is 1. The Bertz CT molecular complexity index is 613. The quantitative estimate of drug-likeness (QED) is 0.867. The molecule has 0 aliphatic heterocycles. The van der Waals surface area contributed by atoms with Crippen LogP contribution >= 0.6 is 15.9 Å². The highest BCUT2D eigenvalue weighted by atomic mass is 79.9. The first-order valence-electron chi connectivity index (χ1n) is 7.03. The highest BCUT2D eigenvalue weighted by molar-refractivity contribution is 9.10. The lowest BCUT2D eigenvalue weighted by Gasteiger charge is -2.14. The summed E-state index contributed by atoms with van der Waals surface area (Å²) in [5.41, 5.74) is 2.69. The summed E-state index contributed by atoms with van der Waals surface area (Å²) in [6.45, 7) is 4.88. The average molecular weight is 354 g/mol. The molecule has 21 heavy (non-hydrogen) atoms. The van der Waals surface area contributed by atoms with Crippen molar-refractivity contribution < 1.29 is 9.84 Å². The normalized spacial score (nSPS) is 12.4. The maximum atomic E-state index is 10.5. The van der Waals surface area contributed by atoms with E-state index in [4.69, 9.17) is 4.74 Å². The molecule has 0 fully saturated rings. The second-order valence-corrected chi connectivity index (χ2v) is 5.49. The van der Waals surface area contributed by atoms with E-state index in [9.17, 15) is 5.11 Å². The molecule has 5 nitrogen and oxygen atoms in total. The molecule has 0 saturated heterocycles. The summed E-state index contributed by atoms with van der Waals surface area (Å²) < 4.78 is 8.12. The van der Waals surface area contributed by atoms with Crippen LogP contribution in [0.4, 0.5) is 0 Å². The molecule has 0 radical (unpaired) electrons. The molecule has 0 aliphatic carbocycles. The van der Waals surface area contributed by atoms with Gasteiger partial charge in [0, 0.05) is 24.7 Å². The van der Waals surface area contributed by atoms with Crippen LogP contribution in [0.15, 0.2) is 22.8 Å². The van der Waals surface area contributed by atoms with Crippen molar-refractivity contribution in [3.63, 3.8) is 0 Å². The van der Waals surface area contributed by atoms with E-state index < -0.39 is 6.10 Å². The first-order valence-corrected chi connectivity index (χ1v) is 7.82. The van der Waals surface area contributed by atoms with Crippen LogP contribution in [0.25, 0.3) is 0 Å². The summed E-state index contributed by atoms with van der Waals surface area (Å²) in [7, 11) is 1.56. The molecule has 0 aromatic carbocycles. The van der Waals surface area contributed by atoms with Crippen LogP contribution in [0.2, 0.25) is 0 Å². The summed E-state index contributed by atoms with van der Waals surface area (Å²) in [6.07, 6.45) is 2.28. The third-order valence-corrected chi connectivity index (χ3v) is 4.35. The van der Waals surface area contributed by atoms with Crippen molar-refractivity contribution in [2.75, 3.05) is 7.11 Å². The maximum Gasteiger partial charge on any atom is 0.218 e. The SMILES string of the molecule is CCc1nn(CC)c(CC(O)c2cccnc2OC)c1Br. The fraction of sp³-hybridized carbons (Fsp3) is 0.467. The molecule has 1 atom stereocenters. The van der Waals surface area contributed by atoms with Gasteiger partial charge in [-0.15, -0.1) is 0 Å². The van der Waals surface area contributed by atoms with Crippen LogP contribution in [0.3, 0.4) is 0 Å². The zero-order valence-electron chi connectivity index (χ0n) is 12.5. The summed E-state index contributed by atoms with van der Waals surface area (Å²) in [5.74, 6) is 0.458. The fourth-order valence-corrected chi connectivity index (χ4v) is 3.06. The van der Waals surface area contributed by atoms with Crippen molar-refractivity contribution in [1.29, 1.82) is 0 Å². The number of aliphatic hydroxyl groups excluding tert-OH is 1. The molecule has 2 heterocycles. The third-order valence-electron chi connectivity index (χ3n) is 3.43. The van der Waals surface area contributed by atoms with Gasteiger partial charge in [0.15, 0.2) is 0 Å². The number of hydrogen-bond acceptors (Lipinski definition) is 4. The molecule has 0 bridgehead atoms. The fourth-order valence-electron chi connectivity index (χ4n) is 2.33. The van der Waals surface area contributed by atoms with Crippen molar-refractivity contribution in [3.05, 3.63) is 39.8 Å². The molecule has 6 heteroatoms. The summed E-state index contributed by atoms with van der Waals surface area (Å²) in [5, 5.41) is 15.1. The molecule has 1 unspecified atom stereocenters. The zero-order valence-corrected chi connectivity index (χ0v) is 14.1. The van der Waals surface area contributed by atoms with E-state index in [-0.39, 0.29) is 0 Å². The standard InChI is InChI=1S/C15H20BrN3O2/c1-4-11-14(16)12(19(5-2)18-11)9-13(20)10-7-6-8-17-15(10)21-3/h6-8,13,20H,4-5,9H2,1-3H3. The van der Waals surface area contributed by atoms with Crippen molar-refractivity contribution in [1.82, 2.24) is 14.8 Å². The molecule has 2 aromatic rings. The van der Waals surface area contributed by atoms with Gasteiger partial charge >= 0.3 is 0 Å². The molecule has 0 amide bonds. The average Bonchev–Trinajstić information content (AvgIpc) is 2.83. The molecule has 1 N–H and O–H groups in total. The molecular weight excluding hydrogens is 334 g/mol. The highest BCUT2D eigenvalue weighted by Crippen LogP contribution is 2.30. The molecular formula is C15H20BrN3O2. The van der Waals surface area contributed by atoms with Gasteiger partial charge in [0.2, 0.25) is 5.88 Å². The predicted molar refractivity (Wildman–Crippen MR) is 84.4 cm³/mol. The lowest BCUT2D eigenvalue weighted by Crippen LogP contribution is -2.10. The van der Waals surface area contributed by atoms with Gasteiger partial charge in [-0.05, 0) is 41.4 Å². The van der Waals surface area contributed by atoms with Gasteiger partial charge in [0.1, 0.15) is 0 Å². The van der Waals surface area contributed by atoms with Gasteiger partial charge in [-0.3, -0.25) is 4.68 Å². The Labute approximate surface area is 133 Å². The first kappa shape index (κ1) is 16.0. The second-order valence-electron chi connectivity index (χ2n) is 4.70. The Morgan fingerprint density at radius 2 is 2.19 bits per heavy atom. The first-order chi connectivity index (χ1) is 10.1. The van der Waals surface area contributed by atoms with E-state index in [2.05, 4.69) is 32.9 Å². The topological polar surface area (TPSA) is 60.2 Å². The van der Waals surface area contributed by atoms with Gasteiger partial charge < -0.3 is 9.84 Å². The van der Waals surface area contributed by atoms with Crippen LogP contribution in [-0.4, -0.2) is 27.0 Å². The number of ether oxygens (including phenoxy) is 1. The molecule has 0 saturated carbocycles. The number of nitrogens with zero attached hydrogens (tertiary/aromatic N) is 3. The molecule has 2 rings (SSSR count). The van der Waals surface area contributed by atoms with E-state index in [1.54, 1.807) is 19.4 Å². The number of hydrogen-bond donors (Lipinski definition) is 1. The van der Waals surface area contributed by atoms with Crippen LogP contribution in [0.5, 0.6) is 5.88 Å². The zero-order chi connectivity index (χ0) is 15.4. The number of rotatable bonds is 6. The summed E-state index contributed by atoms with van der Waals surface area (Å²) >= 11 is 3.60. The maximum absolute atomic E-state index is 10.5. The van der Waals surface area contributed by atoms with E-state index in [1.807, 2.05) is 17.7 Å². The lowest BCUT2D eigenvalue weighted by atomic mass is 10.1. The number of pyridine rings is 1. The smallest absolute Gasteiger partial charge is 0.218 e. The molecule has 2 aromatic heterocycles. The number of aromatic nitrogens is 3. The van der Waals surface area contributed by atoms with Gasteiger partial charge in [-0.1, -0.05) is 6.92 Å². The van der Waals surface area contributed by atoms with Crippen molar-refractivity contribution >= 4 is 15.9 Å². The minimum Gasteiger partial charge on any atom is -0.481 e. The van der Waals surface area contributed by atoms with Crippen LogP contribution in [-0.2, 0) is 19.4 Å². The summed E-state index contributed by atoms with van der Waals surface area (Å²) in [6, 6.07) is 3.63. The largest absolute Gasteiger partial charge is 0.481 e. The van der Waals surface area contributed by atoms with Crippen LogP contribution in [0, 0.1) is 0 Å². The Kier molecular flexibility index (Phi) is 5.36.